The molecule has 0 aliphatic carbocycles. The van der Waals surface area contributed by atoms with Gasteiger partial charge in [-0.1, -0.05) is 19.8 Å². The lowest BCUT2D eigenvalue weighted by Crippen LogP contribution is -2.15. The standard InChI is InChI=1S/C9H17F3O.C2H4F2.CH2F2.CHFO2/c1-3-4-5-8(2)13-7-6-9(10,11)12;3-1-2-4;2-1-3;2-1(3)4/h8H,3-7H2,1-2H3;1-2H2;1H2;(H,3,4). The fourth-order valence-corrected chi connectivity index (χ4v) is 0.951. The molecule has 24 heavy (non-hydrogen) atoms. The van der Waals surface area contributed by atoms with Crippen molar-refractivity contribution >= 4 is 6.22 Å². The number of unbranched alkanes of at least 4 members (excludes halogenated alkanes) is 1. The number of halogens is 8. The van der Waals surface area contributed by atoms with Gasteiger partial charge in [-0.05, 0) is 13.3 Å². The molecule has 0 aromatic rings. The van der Waals surface area contributed by atoms with Crippen LogP contribution in [-0.4, -0.2) is 50.5 Å². The molecule has 0 aliphatic rings. The predicted octanol–water partition coefficient (Wildman–Crippen LogP) is 5.98. The van der Waals surface area contributed by atoms with Crippen molar-refractivity contribution in [2.75, 3.05) is 26.9 Å². The Morgan fingerprint density at radius 2 is 1.50 bits per heavy atom. The minimum Gasteiger partial charge on any atom is -0.456 e. The molecule has 0 fully saturated rings. The number of carbonyl (C=O) groups is 1. The van der Waals surface area contributed by atoms with Crippen LogP contribution in [0.2, 0.25) is 0 Å². The second-order valence-corrected chi connectivity index (χ2v) is 3.92. The Labute approximate surface area is 136 Å². The predicted molar refractivity (Wildman–Crippen MR) is 73.8 cm³/mol. The Hall–Kier alpha value is -1.13. The fraction of sp³-hybridized carbons (Fsp3) is 0.923. The summed E-state index contributed by atoms with van der Waals surface area (Å²) in [6.07, 6.45) is -4.43. The van der Waals surface area contributed by atoms with Crippen molar-refractivity contribution in [2.45, 2.75) is 51.8 Å². The van der Waals surface area contributed by atoms with Crippen LogP contribution in [0.5, 0.6) is 0 Å². The Balaban J connectivity index is -0.000000149. The van der Waals surface area contributed by atoms with Crippen molar-refractivity contribution in [3.05, 3.63) is 0 Å². The zero-order chi connectivity index (χ0) is 20.0. The van der Waals surface area contributed by atoms with Crippen LogP contribution in [-0.2, 0) is 4.74 Å². The Morgan fingerprint density at radius 1 is 1.12 bits per heavy atom. The Kier molecular flexibility index (Phi) is 30.9. The van der Waals surface area contributed by atoms with Crippen molar-refractivity contribution in [1.29, 1.82) is 0 Å². The fourth-order valence-electron chi connectivity index (χ4n) is 0.951. The van der Waals surface area contributed by atoms with Crippen LogP contribution < -0.4 is 0 Å². The molecule has 0 spiro atoms. The van der Waals surface area contributed by atoms with E-state index in [0.29, 0.717) is 0 Å². The Morgan fingerprint density at radius 3 is 1.75 bits per heavy atom. The number of ether oxygens (including phenoxy) is 1. The van der Waals surface area contributed by atoms with Gasteiger partial charge >= 0.3 is 12.4 Å². The summed E-state index contributed by atoms with van der Waals surface area (Å²) in [5.74, 6) is 0. The van der Waals surface area contributed by atoms with E-state index in [1.165, 1.54) is 0 Å². The molecule has 0 amide bonds. The van der Waals surface area contributed by atoms with Crippen molar-refractivity contribution in [1.82, 2.24) is 0 Å². The molecular formula is C13H24F8O3. The quantitative estimate of drug-likeness (QED) is 0.437. The van der Waals surface area contributed by atoms with E-state index in [2.05, 4.69) is 0 Å². The summed E-state index contributed by atoms with van der Waals surface area (Å²) in [7, 11) is 0. The van der Waals surface area contributed by atoms with Gasteiger partial charge in [0.1, 0.15) is 13.3 Å². The van der Waals surface area contributed by atoms with Gasteiger partial charge in [0.15, 0.2) is 0 Å². The first-order valence-corrected chi connectivity index (χ1v) is 6.82. The maximum Gasteiger partial charge on any atom is 0.492 e. The van der Waals surface area contributed by atoms with Crippen LogP contribution in [0.25, 0.3) is 0 Å². The molecule has 0 bridgehead atoms. The van der Waals surface area contributed by atoms with Gasteiger partial charge in [0.25, 0.3) is 0 Å². The van der Waals surface area contributed by atoms with Crippen LogP contribution in [0.3, 0.4) is 0 Å². The lowest BCUT2D eigenvalue weighted by atomic mass is 10.2. The van der Waals surface area contributed by atoms with Crippen molar-refractivity contribution in [2.24, 2.45) is 0 Å². The normalized spacial score (nSPS) is 10.9. The molecule has 3 nitrogen and oxygen atoms in total. The highest BCUT2D eigenvalue weighted by Gasteiger charge is 2.26. The van der Waals surface area contributed by atoms with Gasteiger partial charge in [0.2, 0.25) is 6.93 Å². The first-order chi connectivity index (χ1) is 11.0. The number of carboxylic acid groups (broad SMARTS) is 1. The van der Waals surface area contributed by atoms with Gasteiger partial charge < -0.3 is 9.84 Å². The van der Waals surface area contributed by atoms with Crippen molar-refractivity contribution in [3.8, 4) is 0 Å². The molecule has 150 valence electrons. The van der Waals surface area contributed by atoms with E-state index >= 15 is 0 Å². The molecule has 0 aromatic heterocycles. The highest BCUT2D eigenvalue weighted by Crippen LogP contribution is 2.19. The lowest BCUT2D eigenvalue weighted by molar-refractivity contribution is -0.148. The van der Waals surface area contributed by atoms with Crippen LogP contribution in [0, 0.1) is 0 Å². The average Bonchev–Trinajstić information content (AvgIpc) is 2.44. The van der Waals surface area contributed by atoms with Gasteiger partial charge in [-0.25, -0.2) is 22.4 Å². The van der Waals surface area contributed by atoms with Gasteiger partial charge in [-0.15, -0.1) is 4.39 Å². The monoisotopic (exact) mass is 380 g/mol. The highest BCUT2D eigenvalue weighted by molar-refractivity contribution is 5.54. The molecule has 1 unspecified atom stereocenters. The van der Waals surface area contributed by atoms with Crippen LogP contribution in [0.1, 0.15) is 39.5 Å². The SMILES string of the molecule is CCCCC(C)OCCC(F)(F)F.FCCF.FCF.O=C(O)F. The second kappa shape index (κ2) is 24.1. The maximum absolute atomic E-state index is 11.7. The van der Waals surface area contributed by atoms with Gasteiger partial charge in [0, 0.05) is 0 Å². The molecule has 0 saturated heterocycles. The Bertz CT molecular complexity index is 234. The van der Waals surface area contributed by atoms with Crippen molar-refractivity contribution in [3.63, 3.8) is 0 Å². The molecule has 0 heterocycles. The number of alkyl halides is 7. The average molecular weight is 380 g/mol. The van der Waals surface area contributed by atoms with E-state index in [9.17, 15) is 35.1 Å². The first-order valence-electron chi connectivity index (χ1n) is 6.82. The molecule has 0 saturated carbocycles. The summed E-state index contributed by atoms with van der Waals surface area (Å²) in [5, 5.41) is 6.75. The highest BCUT2D eigenvalue weighted by atomic mass is 19.4. The van der Waals surface area contributed by atoms with Gasteiger partial charge in [0.05, 0.1) is 19.1 Å². The molecular weight excluding hydrogens is 356 g/mol. The second-order valence-electron chi connectivity index (χ2n) is 3.92. The molecule has 0 radical (unpaired) electrons. The number of hydrogen-bond acceptors (Lipinski definition) is 2. The minimum atomic E-state index is -4.09. The zero-order valence-corrected chi connectivity index (χ0v) is 13.5. The summed E-state index contributed by atoms with van der Waals surface area (Å²) in [5.41, 5.74) is 0. The van der Waals surface area contributed by atoms with E-state index in [-0.39, 0.29) is 12.7 Å². The largest absolute Gasteiger partial charge is 0.492 e. The molecule has 1 N–H and O–H groups in total. The van der Waals surface area contributed by atoms with Crippen LogP contribution in [0.15, 0.2) is 0 Å². The van der Waals surface area contributed by atoms with E-state index in [0.717, 1.165) is 19.3 Å². The van der Waals surface area contributed by atoms with Crippen molar-refractivity contribution < 1.29 is 49.8 Å². The van der Waals surface area contributed by atoms with Gasteiger partial charge in [-0.2, -0.15) is 13.2 Å². The third-order valence-corrected chi connectivity index (χ3v) is 1.82. The summed E-state index contributed by atoms with van der Waals surface area (Å²) in [6, 6.07) is 0. The maximum atomic E-state index is 11.7. The smallest absolute Gasteiger partial charge is 0.456 e. The molecule has 0 aliphatic heterocycles. The number of hydrogen-bond donors (Lipinski definition) is 1. The van der Waals surface area contributed by atoms with Crippen LogP contribution >= 0.6 is 0 Å². The third-order valence-electron chi connectivity index (χ3n) is 1.82. The van der Waals surface area contributed by atoms with Crippen LogP contribution in [0.4, 0.5) is 39.9 Å². The minimum absolute atomic E-state index is 0.0534. The number of rotatable bonds is 7. The summed E-state index contributed by atoms with van der Waals surface area (Å²) < 4.78 is 89.9. The van der Waals surface area contributed by atoms with Gasteiger partial charge in [-0.3, -0.25) is 0 Å². The summed E-state index contributed by atoms with van der Waals surface area (Å²) in [6.45, 7) is 0.197. The van der Waals surface area contributed by atoms with E-state index in [4.69, 9.17) is 14.6 Å². The van der Waals surface area contributed by atoms with E-state index in [1.807, 2.05) is 13.8 Å². The summed E-state index contributed by atoms with van der Waals surface area (Å²) >= 11 is 0. The molecule has 11 heteroatoms. The topological polar surface area (TPSA) is 46.5 Å². The molecule has 0 aromatic carbocycles. The molecule has 1 atom stereocenters. The van der Waals surface area contributed by atoms with E-state index in [1.54, 1.807) is 0 Å². The first kappa shape index (κ1) is 30.7. The lowest BCUT2D eigenvalue weighted by Gasteiger charge is -2.13. The zero-order valence-electron chi connectivity index (χ0n) is 13.5. The molecule has 0 rings (SSSR count). The third kappa shape index (κ3) is 69.7. The van der Waals surface area contributed by atoms with E-state index < -0.39 is 39.1 Å². The summed E-state index contributed by atoms with van der Waals surface area (Å²) in [4.78, 5) is 8.33.